The van der Waals surface area contributed by atoms with Gasteiger partial charge in [-0.05, 0) is 42.8 Å². The van der Waals surface area contributed by atoms with Gasteiger partial charge in [-0.15, -0.1) is 0 Å². The van der Waals surface area contributed by atoms with Gasteiger partial charge in [0, 0.05) is 18.8 Å². The number of ether oxygens (including phenoxy) is 1. The molecule has 0 spiro atoms. The van der Waals surface area contributed by atoms with Crippen molar-refractivity contribution in [3.63, 3.8) is 0 Å². The first-order valence-electron chi connectivity index (χ1n) is 8.37. The van der Waals surface area contributed by atoms with Gasteiger partial charge in [0.2, 0.25) is 9.84 Å². The van der Waals surface area contributed by atoms with E-state index < -0.39 is 9.84 Å². The minimum atomic E-state index is -3.82. The molecule has 0 radical (unpaired) electrons. The van der Waals surface area contributed by atoms with Crippen LogP contribution in [0.4, 0.5) is 5.69 Å². The Morgan fingerprint density at radius 3 is 2.27 bits per heavy atom. The molecule has 134 valence electrons. The quantitative estimate of drug-likeness (QED) is 0.775. The van der Waals surface area contributed by atoms with E-state index in [9.17, 15) is 13.7 Å². The van der Waals surface area contributed by atoms with Crippen molar-refractivity contribution < 1.29 is 13.2 Å². The summed E-state index contributed by atoms with van der Waals surface area (Å²) in [6.45, 7) is 4.96. The van der Waals surface area contributed by atoms with E-state index in [1.165, 1.54) is 18.2 Å². The molecular formula is C20H20N2O3S. The summed E-state index contributed by atoms with van der Waals surface area (Å²) < 4.78 is 30.7. The molecule has 6 heteroatoms. The summed E-state index contributed by atoms with van der Waals surface area (Å²) in [4.78, 5) is 2.08. The number of hydrogen-bond acceptors (Lipinski definition) is 5. The second-order valence-electron chi connectivity index (χ2n) is 6.13. The van der Waals surface area contributed by atoms with Gasteiger partial charge < -0.3 is 9.64 Å². The van der Waals surface area contributed by atoms with Crippen molar-refractivity contribution in [1.29, 1.82) is 5.26 Å². The third-order valence-electron chi connectivity index (χ3n) is 4.30. The maximum Gasteiger partial charge on any atom is 0.216 e. The Bertz CT molecular complexity index is 934. The number of sulfone groups is 1. The molecule has 1 heterocycles. The molecule has 0 aromatic heterocycles. The van der Waals surface area contributed by atoms with Crippen molar-refractivity contribution in [3.8, 4) is 6.07 Å². The second kappa shape index (κ2) is 7.73. The van der Waals surface area contributed by atoms with Crippen molar-refractivity contribution >= 4 is 21.6 Å². The molecule has 1 aliphatic heterocycles. The summed E-state index contributed by atoms with van der Waals surface area (Å²) in [5, 5.41) is 9.38. The molecule has 0 atom stereocenters. The number of rotatable bonds is 4. The van der Waals surface area contributed by atoms with Crippen LogP contribution in [0.15, 0.2) is 58.3 Å². The molecule has 1 aliphatic rings. The molecule has 2 aromatic rings. The fourth-order valence-electron chi connectivity index (χ4n) is 2.77. The van der Waals surface area contributed by atoms with Gasteiger partial charge >= 0.3 is 0 Å². The molecule has 26 heavy (non-hydrogen) atoms. The molecule has 1 fully saturated rings. The summed E-state index contributed by atoms with van der Waals surface area (Å²) in [6, 6.07) is 15.8. The molecule has 5 nitrogen and oxygen atoms in total. The van der Waals surface area contributed by atoms with Crippen LogP contribution in [0.25, 0.3) is 6.08 Å². The van der Waals surface area contributed by atoms with Crippen molar-refractivity contribution in [1.82, 2.24) is 0 Å². The van der Waals surface area contributed by atoms with Crippen LogP contribution in [-0.2, 0) is 14.6 Å². The largest absolute Gasteiger partial charge is 0.378 e. The summed E-state index contributed by atoms with van der Waals surface area (Å²) in [7, 11) is -3.82. The molecule has 2 aromatic carbocycles. The zero-order valence-corrected chi connectivity index (χ0v) is 15.4. The maximum atomic E-state index is 12.7. The van der Waals surface area contributed by atoms with Crippen LogP contribution in [-0.4, -0.2) is 34.7 Å². The number of aryl methyl sites for hydroxylation is 1. The highest BCUT2D eigenvalue weighted by molar-refractivity contribution is 7.95. The van der Waals surface area contributed by atoms with Crippen LogP contribution in [0.1, 0.15) is 11.1 Å². The minimum absolute atomic E-state index is 0.126. The van der Waals surface area contributed by atoms with Crippen LogP contribution < -0.4 is 4.90 Å². The van der Waals surface area contributed by atoms with E-state index in [0.717, 1.165) is 24.3 Å². The average molecular weight is 368 g/mol. The molecular weight excluding hydrogens is 348 g/mol. The van der Waals surface area contributed by atoms with Crippen LogP contribution >= 0.6 is 0 Å². The molecule has 1 saturated heterocycles. The average Bonchev–Trinajstić information content (AvgIpc) is 2.67. The molecule has 0 aliphatic carbocycles. The van der Waals surface area contributed by atoms with E-state index in [2.05, 4.69) is 4.90 Å². The highest BCUT2D eigenvalue weighted by Gasteiger charge is 2.20. The number of anilines is 1. The number of nitrogens with zero attached hydrogens (tertiary/aromatic N) is 2. The number of benzene rings is 2. The summed E-state index contributed by atoms with van der Waals surface area (Å²) >= 11 is 0. The van der Waals surface area contributed by atoms with Gasteiger partial charge in [0.25, 0.3) is 0 Å². The van der Waals surface area contributed by atoms with Crippen molar-refractivity contribution in [2.75, 3.05) is 31.2 Å². The van der Waals surface area contributed by atoms with Gasteiger partial charge in [0.15, 0.2) is 0 Å². The van der Waals surface area contributed by atoms with Gasteiger partial charge in [-0.25, -0.2) is 8.42 Å². The zero-order valence-electron chi connectivity index (χ0n) is 14.6. The maximum absolute atomic E-state index is 12.7. The lowest BCUT2D eigenvalue weighted by Crippen LogP contribution is -2.36. The van der Waals surface area contributed by atoms with Crippen molar-refractivity contribution in [2.45, 2.75) is 11.8 Å². The first-order chi connectivity index (χ1) is 12.5. The lowest BCUT2D eigenvalue weighted by atomic mass is 10.2. The standard InChI is InChI=1S/C20H20N2O3S/c1-16-2-8-19(9-3-16)26(23,24)20(15-21)14-17-4-6-18(7-5-17)22-10-12-25-13-11-22/h2-9,14H,10-13H2,1H3/b20-14-. The fourth-order valence-corrected chi connectivity index (χ4v) is 3.93. The fraction of sp³-hybridized carbons (Fsp3) is 0.250. The molecule has 0 amide bonds. The topological polar surface area (TPSA) is 70.4 Å². The molecule has 0 unspecified atom stereocenters. The van der Waals surface area contributed by atoms with E-state index in [1.807, 2.05) is 37.3 Å². The number of allylic oxidation sites excluding steroid dienone is 1. The van der Waals surface area contributed by atoms with Crippen LogP contribution in [0, 0.1) is 18.3 Å². The first kappa shape index (κ1) is 18.2. The van der Waals surface area contributed by atoms with Crippen LogP contribution in [0.2, 0.25) is 0 Å². The highest BCUT2D eigenvalue weighted by Crippen LogP contribution is 2.23. The minimum Gasteiger partial charge on any atom is -0.378 e. The molecule has 3 rings (SSSR count). The Labute approximate surface area is 154 Å². The van der Waals surface area contributed by atoms with Crippen molar-refractivity contribution in [2.24, 2.45) is 0 Å². The van der Waals surface area contributed by atoms with E-state index >= 15 is 0 Å². The molecule has 0 saturated carbocycles. The Morgan fingerprint density at radius 2 is 1.69 bits per heavy atom. The number of hydrogen-bond donors (Lipinski definition) is 0. The van der Waals surface area contributed by atoms with E-state index in [4.69, 9.17) is 4.74 Å². The Hall–Kier alpha value is -2.62. The first-order valence-corrected chi connectivity index (χ1v) is 9.85. The van der Waals surface area contributed by atoms with E-state index in [1.54, 1.807) is 12.1 Å². The van der Waals surface area contributed by atoms with Crippen molar-refractivity contribution in [3.05, 3.63) is 64.6 Å². The van der Waals surface area contributed by atoms with Gasteiger partial charge in [0.1, 0.15) is 11.0 Å². The Morgan fingerprint density at radius 1 is 1.08 bits per heavy atom. The van der Waals surface area contributed by atoms with Gasteiger partial charge in [-0.1, -0.05) is 29.8 Å². The van der Waals surface area contributed by atoms with Gasteiger partial charge in [-0.2, -0.15) is 5.26 Å². The lowest BCUT2D eigenvalue weighted by Gasteiger charge is -2.28. The van der Waals surface area contributed by atoms with Crippen LogP contribution in [0.3, 0.4) is 0 Å². The summed E-state index contributed by atoms with van der Waals surface area (Å²) in [5.74, 6) is 0. The third kappa shape index (κ3) is 3.96. The van der Waals surface area contributed by atoms with Crippen LogP contribution in [0.5, 0.6) is 0 Å². The predicted octanol–water partition coefficient (Wildman–Crippen LogP) is 3.17. The predicted molar refractivity (Wildman–Crippen MR) is 101 cm³/mol. The van der Waals surface area contributed by atoms with Gasteiger partial charge in [-0.3, -0.25) is 0 Å². The zero-order chi connectivity index (χ0) is 18.6. The summed E-state index contributed by atoms with van der Waals surface area (Å²) in [6.07, 6.45) is 1.41. The molecule has 0 N–H and O–H groups in total. The monoisotopic (exact) mass is 368 g/mol. The third-order valence-corrected chi connectivity index (χ3v) is 5.98. The molecule has 0 bridgehead atoms. The Balaban J connectivity index is 1.86. The summed E-state index contributed by atoms with van der Waals surface area (Å²) in [5.41, 5.74) is 2.70. The van der Waals surface area contributed by atoms with E-state index in [-0.39, 0.29) is 9.80 Å². The number of morpholine rings is 1. The second-order valence-corrected chi connectivity index (χ2v) is 8.05. The Kier molecular flexibility index (Phi) is 5.40. The number of nitriles is 1. The van der Waals surface area contributed by atoms with Gasteiger partial charge in [0.05, 0.1) is 18.1 Å². The normalized spacial score (nSPS) is 15.5. The van der Waals surface area contributed by atoms with E-state index in [0.29, 0.717) is 18.8 Å². The highest BCUT2D eigenvalue weighted by atomic mass is 32.2. The lowest BCUT2D eigenvalue weighted by molar-refractivity contribution is 0.122. The smallest absolute Gasteiger partial charge is 0.216 e. The SMILES string of the molecule is Cc1ccc(S(=O)(=O)/C(C#N)=C\c2ccc(N3CCOCC3)cc2)cc1.